The van der Waals surface area contributed by atoms with Gasteiger partial charge in [-0.1, -0.05) is 50.7 Å². The minimum Gasteiger partial charge on any atom is -0.451 e. The Morgan fingerprint density at radius 3 is 2.47 bits per heavy atom. The summed E-state index contributed by atoms with van der Waals surface area (Å²) < 4.78 is 30.9. The maximum absolute atomic E-state index is 13.6. The molecule has 2 atom stereocenters. The lowest BCUT2D eigenvalue weighted by Gasteiger charge is -2.32. The summed E-state index contributed by atoms with van der Waals surface area (Å²) >= 11 is 0. The number of halogens is 1. The molecular formula is C29H35FN2O6. The lowest BCUT2D eigenvalue weighted by atomic mass is 9.97. The SMILES string of the molecule is O=C1CCC(NC(=O)[C@H](CC2CCCC2)NC(=O)c2ccc(-c3cccc(F)c3)o2)(OCC2CCCC2)O1. The third kappa shape index (κ3) is 6.43. The van der Waals surface area contributed by atoms with Crippen LogP contribution in [0.25, 0.3) is 11.3 Å². The van der Waals surface area contributed by atoms with E-state index in [9.17, 15) is 18.8 Å². The number of carbonyl (C=O) groups excluding carboxylic acids is 3. The number of ether oxygens (including phenoxy) is 2. The van der Waals surface area contributed by atoms with Gasteiger partial charge in [0, 0.05) is 12.0 Å². The molecular weight excluding hydrogens is 491 g/mol. The first kappa shape index (κ1) is 26.4. The Morgan fingerprint density at radius 1 is 1.05 bits per heavy atom. The van der Waals surface area contributed by atoms with Crippen molar-refractivity contribution >= 4 is 17.8 Å². The van der Waals surface area contributed by atoms with E-state index < -0.39 is 35.6 Å². The second-order valence-electron chi connectivity index (χ2n) is 10.8. The number of amides is 2. The molecule has 0 bridgehead atoms. The zero-order valence-corrected chi connectivity index (χ0v) is 21.5. The van der Waals surface area contributed by atoms with Gasteiger partial charge in [-0.2, -0.15) is 0 Å². The van der Waals surface area contributed by atoms with Gasteiger partial charge in [-0.15, -0.1) is 0 Å². The van der Waals surface area contributed by atoms with E-state index in [1.165, 1.54) is 18.2 Å². The van der Waals surface area contributed by atoms with E-state index in [1.807, 2.05) is 0 Å². The molecule has 1 saturated heterocycles. The largest absolute Gasteiger partial charge is 0.451 e. The van der Waals surface area contributed by atoms with Crippen molar-refractivity contribution in [2.75, 3.05) is 6.61 Å². The van der Waals surface area contributed by atoms with Gasteiger partial charge in [-0.3, -0.25) is 19.7 Å². The summed E-state index contributed by atoms with van der Waals surface area (Å²) in [5.74, 6) is -2.29. The fourth-order valence-corrected chi connectivity index (χ4v) is 5.78. The fraction of sp³-hybridized carbons (Fsp3) is 0.552. The highest BCUT2D eigenvalue weighted by atomic mass is 19.1. The first-order valence-electron chi connectivity index (χ1n) is 13.7. The first-order valence-corrected chi connectivity index (χ1v) is 13.7. The molecule has 3 fully saturated rings. The van der Waals surface area contributed by atoms with E-state index >= 15 is 0 Å². The molecule has 1 aromatic heterocycles. The molecule has 2 heterocycles. The van der Waals surface area contributed by atoms with Crippen LogP contribution in [-0.4, -0.2) is 36.3 Å². The lowest BCUT2D eigenvalue weighted by molar-refractivity contribution is -0.231. The van der Waals surface area contributed by atoms with Gasteiger partial charge in [-0.25, -0.2) is 4.39 Å². The Hall–Kier alpha value is -3.20. The Bertz CT molecular complexity index is 1150. The molecule has 1 unspecified atom stereocenters. The van der Waals surface area contributed by atoms with Crippen LogP contribution in [-0.2, 0) is 19.1 Å². The van der Waals surface area contributed by atoms with Crippen LogP contribution in [0.2, 0.25) is 0 Å². The second kappa shape index (κ2) is 11.7. The Kier molecular flexibility index (Phi) is 8.12. The molecule has 0 radical (unpaired) electrons. The highest BCUT2D eigenvalue weighted by molar-refractivity contribution is 5.96. The van der Waals surface area contributed by atoms with Gasteiger partial charge >= 0.3 is 5.97 Å². The quantitative estimate of drug-likeness (QED) is 0.330. The van der Waals surface area contributed by atoms with E-state index in [0.717, 1.165) is 51.4 Å². The van der Waals surface area contributed by atoms with Crippen LogP contribution in [0.3, 0.4) is 0 Å². The smallest absolute Gasteiger partial charge is 0.309 e. The Labute approximate surface area is 221 Å². The van der Waals surface area contributed by atoms with Crippen LogP contribution in [0.5, 0.6) is 0 Å². The van der Waals surface area contributed by atoms with Gasteiger partial charge in [0.1, 0.15) is 17.6 Å². The molecule has 0 spiro atoms. The summed E-state index contributed by atoms with van der Waals surface area (Å²) in [6.07, 6.45) is 9.41. The molecule has 3 aliphatic rings. The normalized spacial score (nSPS) is 22.9. The van der Waals surface area contributed by atoms with Crippen molar-refractivity contribution in [3.8, 4) is 11.3 Å². The predicted octanol–water partition coefficient (Wildman–Crippen LogP) is 5.08. The molecule has 1 aromatic carbocycles. The number of cyclic esters (lactones) is 1. The molecule has 1 aliphatic heterocycles. The summed E-state index contributed by atoms with van der Waals surface area (Å²) in [6.45, 7) is 0.405. The standard InChI is InChI=1S/C29H35FN2O6/c30-22-11-5-10-21(17-22)24-12-13-25(37-24)28(35)31-23(16-19-6-1-2-7-19)27(34)32-29(15-14-26(33)38-29)36-18-20-8-3-4-9-20/h5,10-13,17,19-20,23H,1-4,6-9,14-16,18H2,(H,31,35)(H,32,34)/t23-,29?/m0/s1. The summed E-state index contributed by atoms with van der Waals surface area (Å²) in [7, 11) is 0. The monoisotopic (exact) mass is 526 g/mol. The second-order valence-corrected chi connectivity index (χ2v) is 10.8. The van der Waals surface area contributed by atoms with Crippen molar-refractivity contribution in [2.24, 2.45) is 11.8 Å². The van der Waals surface area contributed by atoms with Crippen molar-refractivity contribution in [1.29, 1.82) is 0 Å². The highest BCUT2D eigenvalue weighted by Crippen LogP contribution is 2.32. The van der Waals surface area contributed by atoms with Crippen LogP contribution in [0, 0.1) is 17.7 Å². The Morgan fingerprint density at radius 2 is 1.79 bits per heavy atom. The summed E-state index contributed by atoms with van der Waals surface area (Å²) in [4.78, 5) is 38.7. The number of esters is 1. The maximum Gasteiger partial charge on any atom is 0.309 e. The van der Waals surface area contributed by atoms with E-state index in [0.29, 0.717) is 36.2 Å². The van der Waals surface area contributed by atoms with Gasteiger partial charge in [-0.05, 0) is 55.4 Å². The first-order chi connectivity index (χ1) is 18.4. The van der Waals surface area contributed by atoms with Crippen LogP contribution in [0.15, 0.2) is 40.8 Å². The van der Waals surface area contributed by atoms with Crippen LogP contribution in [0.1, 0.15) is 81.2 Å². The van der Waals surface area contributed by atoms with Gasteiger partial charge in [0.05, 0.1) is 13.0 Å². The average Bonchev–Trinajstić information content (AvgIpc) is 3.71. The zero-order valence-electron chi connectivity index (χ0n) is 21.5. The number of hydrogen-bond acceptors (Lipinski definition) is 6. The molecule has 2 aromatic rings. The molecule has 2 saturated carbocycles. The number of furan rings is 1. The molecule has 9 heteroatoms. The maximum atomic E-state index is 13.6. The van der Waals surface area contributed by atoms with Gasteiger partial charge in [0.15, 0.2) is 5.76 Å². The average molecular weight is 527 g/mol. The van der Waals surface area contributed by atoms with Crippen molar-refractivity contribution in [1.82, 2.24) is 10.6 Å². The van der Waals surface area contributed by atoms with E-state index in [-0.39, 0.29) is 18.6 Å². The number of nitrogens with one attached hydrogen (secondary N) is 2. The van der Waals surface area contributed by atoms with Crippen LogP contribution in [0.4, 0.5) is 4.39 Å². The third-order valence-corrected chi connectivity index (χ3v) is 7.88. The molecule has 5 rings (SSSR count). The van der Waals surface area contributed by atoms with Crippen molar-refractivity contribution in [3.05, 3.63) is 48.0 Å². The van der Waals surface area contributed by atoms with Crippen LogP contribution >= 0.6 is 0 Å². The zero-order chi connectivity index (χ0) is 26.5. The summed E-state index contributed by atoms with van der Waals surface area (Å²) in [5.41, 5.74) is 0.508. The molecule has 2 amide bonds. The topological polar surface area (TPSA) is 107 Å². The van der Waals surface area contributed by atoms with Gasteiger partial charge in [0.25, 0.3) is 11.8 Å². The minimum absolute atomic E-state index is 0.0213. The number of hydrogen-bond donors (Lipinski definition) is 2. The van der Waals surface area contributed by atoms with Crippen molar-refractivity contribution < 1.29 is 32.7 Å². The molecule has 2 N–H and O–H groups in total. The summed E-state index contributed by atoms with van der Waals surface area (Å²) in [6, 6.07) is 8.15. The van der Waals surface area contributed by atoms with Crippen molar-refractivity contribution in [2.45, 2.75) is 82.6 Å². The molecule has 38 heavy (non-hydrogen) atoms. The van der Waals surface area contributed by atoms with E-state index in [1.54, 1.807) is 18.2 Å². The highest BCUT2D eigenvalue weighted by Gasteiger charge is 2.45. The fourth-order valence-electron chi connectivity index (χ4n) is 5.78. The molecule has 8 nitrogen and oxygen atoms in total. The van der Waals surface area contributed by atoms with Gasteiger partial charge < -0.3 is 19.2 Å². The minimum atomic E-state index is -1.51. The number of carbonyl (C=O) groups is 3. The van der Waals surface area contributed by atoms with Gasteiger partial charge in [0.2, 0.25) is 5.91 Å². The van der Waals surface area contributed by atoms with Crippen LogP contribution < -0.4 is 10.6 Å². The molecule has 204 valence electrons. The number of rotatable bonds is 10. The lowest BCUT2D eigenvalue weighted by Crippen LogP contribution is -2.57. The Balaban J connectivity index is 1.29. The third-order valence-electron chi connectivity index (χ3n) is 7.88. The molecule has 2 aliphatic carbocycles. The van der Waals surface area contributed by atoms with E-state index in [2.05, 4.69) is 10.6 Å². The summed E-state index contributed by atoms with van der Waals surface area (Å²) in [5, 5.41) is 5.64. The van der Waals surface area contributed by atoms with E-state index in [4.69, 9.17) is 13.9 Å². The predicted molar refractivity (Wildman–Crippen MR) is 136 cm³/mol. The van der Waals surface area contributed by atoms with Crippen molar-refractivity contribution in [3.63, 3.8) is 0 Å². The number of benzene rings is 1.